The molecule has 2 aromatic rings. The van der Waals surface area contributed by atoms with E-state index in [1.807, 2.05) is 19.1 Å². The van der Waals surface area contributed by atoms with Crippen LogP contribution in [0.25, 0.3) is 0 Å². The number of hydrogen-bond acceptors (Lipinski definition) is 3. The molecule has 0 saturated heterocycles. The van der Waals surface area contributed by atoms with Crippen LogP contribution in [0.15, 0.2) is 42.6 Å². The van der Waals surface area contributed by atoms with Crippen LogP contribution in [0.1, 0.15) is 12.5 Å². The molecule has 0 aliphatic rings. The lowest BCUT2D eigenvalue weighted by atomic mass is 10.1. The Bertz CT molecular complexity index is 529. The molecule has 94 valence electrons. The zero-order valence-corrected chi connectivity index (χ0v) is 10.1. The van der Waals surface area contributed by atoms with E-state index in [9.17, 15) is 4.39 Å². The van der Waals surface area contributed by atoms with Gasteiger partial charge in [0.2, 0.25) is 5.88 Å². The third-order valence-corrected chi connectivity index (χ3v) is 2.40. The molecule has 0 spiro atoms. The highest BCUT2D eigenvalue weighted by molar-refractivity contribution is 5.32. The average molecular weight is 246 g/mol. The predicted octanol–water partition coefficient (Wildman–Crippen LogP) is 2.90. The Kier molecular flexibility index (Phi) is 3.89. The largest absolute Gasteiger partial charge is 0.439 e. The molecule has 0 radical (unpaired) electrons. The van der Waals surface area contributed by atoms with E-state index in [4.69, 9.17) is 10.5 Å². The van der Waals surface area contributed by atoms with Crippen LogP contribution in [0, 0.1) is 5.82 Å². The van der Waals surface area contributed by atoms with Crippen molar-refractivity contribution in [1.82, 2.24) is 4.98 Å². The van der Waals surface area contributed by atoms with E-state index < -0.39 is 0 Å². The normalized spacial score (nSPS) is 12.2. The molecule has 0 aliphatic carbocycles. The summed E-state index contributed by atoms with van der Waals surface area (Å²) in [7, 11) is 0. The number of aromatic nitrogens is 1. The van der Waals surface area contributed by atoms with Crippen molar-refractivity contribution in [3.63, 3.8) is 0 Å². The Morgan fingerprint density at radius 2 is 2.17 bits per heavy atom. The van der Waals surface area contributed by atoms with Gasteiger partial charge in [0.25, 0.3) is 0 Å². The maximum atomic E-state index is 13.1. The summed E-state index contributed by atoms with van der Waals surface area (Å²) >= 11 is 0. The third-order valence-electron chi connectivity index (χ3n) is 2.40. The number of nitrogens with two attached hydrogens (primary N) is 1. The Balaban J connectivity index is 2.23. The molecule has 0 saturated carbocycles. The van der Waals surface area contributed by atoms with Crippen molar-refractivity contribution in [1.29, 1.82) is 0 Å². The molecule has 18 heavy (non-hydrogen) atoms. The smallest absolute Gasteiger partial charge is 0.222 e. The molecular formula is C14H15FN2O. The van der Waals surface area contributed by atoms with E-state index in [2.05, 4.69) is 4.98 Å². The summed E-state index contributed by atoms with van der Waals surface area (Å²) < 4.78 is 18.6. The monoisotopic (exact) mass is 246 g/mol. The summed E-state index contributed by atoms with van der Waals surface area (Å²) in [5, 5.41) is 0. The lowest BCUT2D eigenvalue weighted by Gasteiger charge is -2.11. The molecule has 0 fully saturated rings. The molecule has 0 bridgehead atoms. The van der Waals surface area contributed by atoms with Gasteiger partial charge in [0.1, 0.15) is 11.6 Å². The number of halogens is 1. The minimum atomic E-state index is -0.336. The number of pyridine rings is 1. The highest BCUT2D eigenvalue weighted by Gasteiger charge is 2.08. The van der Waals surface area contributed by atoms with Gasteiger partial charge >= 0.3 is 0 Å². The molecule has 0 aliphatic heterocycles. The second kappa shape index (κ2) is 5.60. The molecule has 2 N–H and O–H groups in total. The predicted molar refractivity (Wildman–Crippen MR) is 68.1 cm³/mol. The summed E-state index contributed by atoms with van der Waals surface area (Å²) in [6, 6.07) is 9.73. The quantitative estimate of drug-likeness (QED) is 0.902. The molecule has 1 unspecified atom stereocenters. The van der Waals surface area contributed by atoms with Crippen molar-refractivity contribution in [3.8, 4) is 11.6 Å². The Labute approximate surface area is 105 Å². The second-order valence-corrected chi connectivity index (χ2v) is 4.21. The van der Waals surface area contributed by atoms with Gasteiger partial charge in [0.05, 0.1) is 0 Å². The molecule has 1 atom stereocenters. The second-order valence-electron chi connectivity index (χ2n) is 4.21. The van der Waals surface area contributed by atoms with Crippen LogP contribution in [-0.2, 0) is 6.42 Å². The molecule has 1 aromatic carbocycles. The molecule has 1 heterocycles. The summed E-state index contributed by atoms with van der Waals surface area (Å²) in [5.74, 6) is 0.567. The van der Waals surface area contributed by atoms with Gasteiger partial charge in [-0.1, -0.05) is 12.1 Å². The molecule has 3 nitrogen and oxygen atoms in total. The Morgan fingerprint density at radius 1 is 1.33 bits per heavy atom. The molecular weight excluding hydrogens is 231 g/mol. The van der Waals surface area contributed by atoms with E-state index >= 15 is 0 Å². The maximum absolute atomic E-state index is 13.1. The fourth-order valence-electron chi connectivity index (χ4n) is 1.66. The first kappa shape index (κ1) is 12.5. The first-order valence-electron chi connectivity index (χ1n) is 5.78. The number of benzene rings is 1. The van der Waals surface area contributed by atoms with Crippen molar-refractivity contribution < 1.29 is 9.13 Å². The third kappa shape index (κ3) is 3.28. The first-order chi connectivity index (χ1) is 8.65. The van der Waals surface area contributed by atoms with Crippen LogP contribution in [-0.4, -0.2) is 11.0 Å². The SMILES string of the molecule is CC(N)Cc1cccnc1Oc1cccc(F)c1. The highest BCUT2D eigenvalue weighted by Crippen LogP contribution is 2.24. The van der Waals surface area contributed by atoms with Gasteiger partial charge in [-0.3, -0.25) is 0 Å². The maximum Gasteiger partial charge on any atom is 0.222 e. The van der Waals surface area contributed by atoms with Gasteiger partial charge in [-0.15, -0.1) is 0 Å². The average Bonchev–Trinajstić information content (AvgIpc) is 2.31. The number of nitrogens with zero attached hydrogens (tertiary/aromatic N) is 1. The number of hydrogen-bond donors (Lipinski definition) is 1. The minimum Gasteiger partial charge on any atom is -0.439 e. The Hall–Kier alpha value is -1.94. The van der Waals surface area contributed by atoms with Crippen LogP contribution < -0.4 is 10.5 Å². The molecule has 1 aromatic heterocycles. The van der Waals surface area contributed by atoms with Crippen molar-refractivity contribution >= 4 is 0 Å². The van der Waals surface area contributed by atoms with Gasteiger partial charge < -0.3 is 10.5 Å². The molecule has 4 heteroatoms. The highest BCUT2D eigenvalue weighted by atomic mass is 19.1. The van der Waals surface area contributed by atoms with Gasteiger partial charge in [-0.2, -0.15) is 0 Å². The standard InChI is InChI=1S/C14H15FN2O/c1-10(16)8-11-4-3-7-17-14(11)18-13-6-2-5-12(15)9-13/h2-7,9-10H,8,16H2,1H3. The van der Waals surface area contributed by atoms with Crippen LogP contribution in [0.5, 0.6) is 11.6 Å². The summed E-state index contributed by atoms with van der Waals surface area (Å²) in [6.45, 7) is 1.92. The van der Waals surface area contributed by atoms with Crippen molar-refractivity contribution in [2.75, 3.05) is 0 Å². The summed E-state index contributed by atoms with van der Waals surface area (Å²) in [5.41, 5.74) is 6.68. The van der Waals surface area contributed by atoms with Crippen molar-refractivity contribution in [2.45, 2.75) is 19.4 Å². The lowest BCUT2D eigenvalue weighted by molar-refractivity contribution is 0.449. The van der Waals surface area contributed by atoms with E-state index in [0.29, 0.717) is 18.1 Å². The Morgan fingerprint density at radius 3 is 2.89 bits per heavy atom. The van der Waals surface area contributed by atoms with Crippen LogP contribution in [0.3, 0.4) is 0 Å². The summed E-state index contributed by atoms with van der Waals surface area (Å²) in [4.78, 5) is 4.16. The van der Waals surface area contributed by atoms with Crippen molar-refractivity contribution in [3.05, 3.63) is 54.0 Å². The van der Waals surface area contributed by atoms with Crippen LogP contribution in [0.4, 0.5) is 4.39 Å². The lowest BCUT2D eigenvalue weighted by Crippen LogP contribution is -2.18. The van der Waals surface area contributed by atoms with E-state index in [0.717, 1.165) is 5.56 Å². The van der Waals surface area contributed by atoms with E-state index in [-0.39, 0.29) is 11.9 Å². The van der Waals surface area contributed by atoms with Gasteiger partial charge in [0.15, 0.2) is 0 Å². The topological polar surface area (TPSA) is 48.1 Å². The van der Waals surface area contributed by atoms with Crippen LogP contribution >= 0.6 is 0 Å². The molecule has 0 amide bonds. The number of ether oxygens (including phenoxy) is 1. The van der Waals surface area contributed by atoms with Gasteiger partial charge in [-0.05, 0) is 31.5 Å². The zero-order chi connectivity index (χ0) is 13.0. The molecule has 2 rings (SSSR count). The first-order valence-corrected chi connectivity index (χ1v) is 5.78. The fourth-order valence-corrected chi connectivity index (χ4v) is 1.66. The zero-order valence-electron chi connectivity index (χ0n) is 10.1. The number of rotatable bonds is 4. The van der Waals surface area contributed by atoms with Crippen LogP contribution in [0.2, 0.25) is 0 Å². The van der Waals surface area contributed by atoms with E-state index in [1.54, 1.807) is 18.3 Å². The van der Waals surface area contributed by atoms with Gasteiger partial charge in [-0.25, -0.2) is 9.37 Å². The van der Waals surface area contributed by atoms with E-state index in [1.165, 1.54) is 12.1 Å². The minimum absolute atomic E-state index is 0.0176. The van der Waals surface area contributed by atoms with Gasteiger partial charge in [0, 0.05) is 23.9 Å². The summed E-state index contributed by atoms with van der Waals surface area (Å²) in [6.07, 6.45) is 2.30. The fraction of sp³-hybridized carbons (Fsp3) is 0.214. The van der Waals surface area contributed by atoms with Crippen molar-refractivity contribution in [2.24, 2.45) is 5.73 Å².